The van der Waals surface area contributed by atoms with Crippen molar-refractivity contribution in [1.82, 2.24) is 20.2 Å². The van der Waals surface area contributed by atoms with E-state index in [-0.39, 0.29) is 11.0 Å². The highest BCUT2D eigenvalue weighted by Gasteiger charge is 2.11. The Labute approximate surface area is 116 Å². The van der Waals surface area contributed by atoms with Crippen LogP contribution in [0.5, 0.6) is 0 Å². The van der Waals surface area contributed by atoms with Crippen molar-refractivity contribution >= 4 is 35.0 Å². The van der Waals surface area contributed by atoms with E-state index < -0.39 is 0 Å². The fourth-order valence-electron chi connectivity index (χ4n) is 1.28. The number of rotatable bonds is 4. The quantitative estimate of drug-likeness (QED) is 0.642. The summed E-state index contributed by atoms with van der Waals surface area (Å²) in [6.07, 6.45) is 2.33. The molecular formula is C10H17N5OS2. The lowest BCUT2D eigenvalue weighted by Gasteiger charge is -2.12. The lowest BCUT2D eigenvalue weighted by atomic mass is 10.1. The van der Waals surface area contributed by atoms with E-state index in [0.29, 0.717) is 23.3 Å². The molecule has 0 atom stereocenters. The maximum absolute atomic E-state index is 11.5. The molecule has 0 aliphatic rings. The molecule has 1 aromatic heterocycles. The van der Waals surface area contributed by atoms with Crippen LogP contribution in [-0.4, -0.2) is 32.1 Å². The number of aromatic nitrogens is 3. The number of amides is 1. The lowest BCUT2D eigenvalue weighted by Crippen LogP contribution is -2.39. The topological polar surface area (TPSA) is 71.8 Å². The molecule has 0 aliphatic carbocycles. The monoisotopic (exact) mass is 287 g/mol. The van der Waals surface area contributed by atoms with Gasteiger partial charge in [0.25, 0.3) is 0 Å². The van der Waals surface area contributed by atoms with E-state index in [0.717, 1.165) is 0 Å². The van der Waals surface area contributed by atoms with Crippen LogP contribution < -0.4 is 10.7 Å². The second kappa shape index (κ2) is 6.69. The molecule has 0 saturated heterocycles. The molecular weight excluding hydrogens is 270 g/mol. The van der Waals surface area contributed by atoms with Gasteiger partial charge >= 0.3 is 0 Å². The van der Waals surface area contributed by atoms with Crippen LogP contribution in [0.15, 0.2) is 5.16 Å². The molecule has 0 spiro atoms. The van der Waals surface area contributed by atoms with Gasteiger partial charge in [0.1, 0.15) is 5.82 Å². The summed E-state index contributed by atoms with van der Waals surface area (Å²) >= 11 is 6.51. The minimum atomic E-state index is -0.0982. The predicted molar refractivity (Wildman–Crippen MR) is 76.1 cm³/mol. The number of carbonyl (C=O) groups excluding carboxylic acids is 1. The van der Waals surface area contributed by atoms with Crippen molar-refractivity contribution in [3.8, 4) is 0 Å². The van der Waals surface area contributed by atoms with Crippen molar-refractivity contribution < 1.29 is 4.79 Å². The smallest absolute Gasteiger partial charge is 0.226 e. The third kappa shape index (κ3) is 4.26. The summed E-state index contributed by atoms with van der Waals surface area (Å²) in [5, 5.41) is 11.4. The lowest BCUT2D eigenvalue weighted by molar-refractivity contribution is -0.120. The maximum Gasteiger partial charge on any atom is 0.226 e. The zero-order valence-corrected chi connectivity index (χ0v) is 12.5. The van der Waals surface area contributed by atoms with Crippen LogP contribution in [0.2, 0.25) is 0 Å². The zero-order valence-electron chi connectivity index (χ0n) is 10.9. The van der Waals surface area contributed by atoms with Crippen LogP contribution in [0.3, 0.4) is 0 Å². The molecule has 0 aromatic carbocycles. The van der Waals surface area contributed by atoms with E-state index in [1.165, 1.54) is 11.8 Å². The number of nitrogens with one attached hydrogen (secondary N) is 2. The molecule has 1 rings (SSSR count). The number of hydrogen-bond donors (Lipinski definition) is 2. The molecule has 0 saturated carbocycles. The standard InChI is InChI=1S/C10H17N5OS2/c1-6(2)5-8(16)11-9(17)14-15-7(3)12-13-10(15)18-4/h6H,5H2,1-4H3,(H2,11,14,16,17). The highest BCUT2D eigenvalue weighted by atomic mass is 32.2. The van der Waals surface area contributed by atoms with Gasteiger partial charge in [0.05, 0.1) is 0 Å². The first kappa shape index (κ1) is 14.9. The van der Waals surface area contributed by atoms with Crippen LogP contribution in [0.1, 0.15) is 26.1 Å². The Morgan fingerprint density at radius 1 is 1.50 bits per heavy atom. The largest absolute Gasteiger partial charge is 0.302 e. The fourth-order valence-corrected chi connectivity index (χ4v) is 1.97. The average molecular weight is 287 g/mol. The molecule has 0 radical (unpaired) electrons. The SMILES string of the molecule is CSc1nnc(C)n1NC(=S)NC(=O)CC(C)C. The van der Waals surface area contributed by atoms with E-state index in [9.17, 15) is 4.79 Å². The van der Waals surface area contributed by atoms with Crippen molar-refractivity contribution in [2.45, 2.75) is 32.3 Å². The third-order valence-corrected chi connectivity index (χ3v) is 2.86. The van der Waals surface area contributed by atoms with E-state index in [2.05, 4.69) is 20.9 Å². The average Bonchev–Trinajstić information content (AvgIpc) is 2.58. The summed E-state index contributed by atoms with van der Waals surface area (Å²) in [6.45, 7) is 5.76. The van der Waals surface area contributed by atoms with Gasteiger partial charge in [-0.25, -0.2) is 4.68 Å². The number of thioether (sulfide) groups is 1. The molecule has 0 aliphatic heterocycles. The summed E-state index contributed by atoms with van der Waals surface area (Å²) in [5.74, 6) is 0.880. The Hall–Kier alpha value is -1.15. The first-order valence-corrected chi connectivity index (χ1v) is 7.14. The van der Waals surface area contributed by atoms with Gasteiger partial charge in [-0.05, 0) is 31.3 Å². The molecule has 6 nitrogen and oxygen atoms in total. The summed E-state index contributed by atoms with van der Waals surface area (Å²) in [5.41, 5.74) is 2.88. The van der Waals surface area contributed by atoms with Crippen LogP contribution in [-0.2, 0) is 4.79 Å². The van der Waals surface area contributed by atoms with Crippen molar-refractivity contribution in [3.05, 3.63) is 5.82 Å². The molecule has 1 heterocycles. The van der Waals surface area contributed by atoms with Gasteiger partial charge in [0.2, 0.25) is 11.1 Å². The summed E-state index contributed by atoms with van der Waals surface area (Å²) in [4.78, 5) is 11.5. The van der Waals surface area contributed by atoms with Gasteiger partial charge < -0.3 is 5.32 Å². The van der Waals surface area contributed by atoms with Crippen LogP contribution in [0.25, 0.3) is 0 Å². The molecule has 0 bridgehead atoms. The summed E-state index contributed by atoms with van der Waals surface area (Å²) in [7, 11) is 0. The number of aryl methyl sites for hydroxylation is 1. The first-order valence-electron chi connectivity index (χ1n) is 5.51. The van der Waals surface area contributed by atoms with Gasteiger partial charge in [-0.3, -0.25) is 10.2 Å². The number of thiocarbonyl (C=S) groups is 1. The first-order chi connectivity index (χ1) is 8.43. The van der Waals surface area contributed by atoms with E-state index in [1.54, 1.807) is 11.6 Å². The van der Waals surface area contributed by atoms with Crippen molar-refractivity contribution in [2.24, 2.45) is 5.92 Å². The van der Waals surface area contributed by atoms with Crippen molar-refractivity contribution in [2.75, 3.05) is 11.7 Å². The highest BCUT2D eigenvalue weighted by Crippen LogP contribution is 2.10. The molecule has 18 heavy (non-hydrogen) atoms. The highest BCUT2D eigenvalue weighted by molar-refractivity contribution is 7.98. The van der Waals surface area contributed by atoms with Crippen LogP contribution >= 0.6 is 24.0 Å². The Kier molecular flexibility index (Phi) is 5.54. The second-order valence-corrected chi connectivity index (χ2v) is 5.34. The third-order valence-electron chi connectivity index (χ3n) is 2.04. The minimum absolute atomic E-state index is 0.0982. The molecule has 0 fully saturated rings. The van der Waals surface area contributed by atoms with Gasteiger partial charge in [0, 0.05) is 6.42 Å². The number of hydrogen-bond acceptors (Lipinski definition) is 5. The Balaban J connectivity index is 2.59. The Bertz CT molecular complexity index is 443. The number of carbonyl (C=O) groups is 1. The van der Waals surface area contributed by atoms with E-state index in [1.807, 2.05) is 20.1 Å². The van der Waals surface area contributed by atoms with Crippen LogP contribution in [0, 0.1) is 12.8 Å². The molecule has 1 aromatic rings. The van der Waals surface area contributed by atoms with Crippen molar-refractivity contribution in [3.63, 3.8) is 0 Å². The van der Waals surface area contributed by atoms with Crippen molar-refractivity contribution in [1.29, 1.82) is 0 Å². The van der Waals surface area contributed by atoms with Gasteiger partial charge in [-0.15, -0.1) is 10.2 Å². The minimum Gasteiger partial charge on any atom is -0.302 e. The van der Waals surface area contributed by atoms with E-state index in [4.69, 9.17) is 12.2 Å². The Morgan fingerprint density at radius 2 is 2.17 bits per heavy atom. The zero-order chi connectivity index (χ0) is 13.7. The normalized spacial score (nSPS) is 10.5. The van der Waals surface area contributed by atoms with Gasteiger partial charge in [0.15, 0.2) is 5.11 Å². The predicted octanol–water partition coefficient (Wildman–Crippen LogP) is 1.30. The molecule has 2 N–H and O–H groups in total. The fraction of sp³-hybridized carbons (Fsp3) is 0.600. The van der Waals surface area contributed by atoms with Crippen LogP contribution in [0.4, 0.5) is 0 Å². The molecule has 8 heteroatoms. The van der Waals surface area contributed by atoms with E-state index >= 15 is 0 Å². The Morgan fingerprint density at radius 3 is 2.72 bits per heavy atom. The maximum atomic E-state index is 11.5. The molecule has 1 amide bonds. The molecule has 100 valence electrons. The van der Waals surface area contributed by atoms with Gasteiger partial charge in [-0.2, -0.15) is 0 Å². The summed E-state index contributed by atoms with van der Waals surface area (Å²) in [6, 6.07) is 0. The van der Waals surface area contributed by atoms with Gasteiger partial charge in [-0.1, -0.05) is 25.6 Å². The molecule has 0 unspecified atom stereocenters. The second-order valence-electron chi connectivity index (χ2n) is 4.16. The number of nitrogens with zero attached hydrogens (tertiary/aromatic N) is 3. The summed E-state index contributed by atoms with van der Waals surface area (Å²) < 4.78 is 1.64.